The van der Waals surface area contributed by atoms with Crippen LogP contribution in [0.4, 0.5) is 10.1 Å². The van der Waals surface area contributed by atoms with Gasteiger partial charge in [0.25, 0.3) is 10.0 Å². The van der Waals surface area contributed by atoms with Gasteiger partial charge < -0.3 is 15.0 Å². The fraction of sp³-hybridized carbons (Fsp3) is 0.310. The summed E-state index contributed by atoms with van der Waals surface area (Å²) in [6.07, 6.45) is 0.691. The molecule has 0 aliphatic rings. The Labute approximate surface area is 243 Å². The number of ether oxygens (including phenoxy) is 1. The minimum Gasteiger partial charge on any atom is -0.494 e. The second-order valence-corrected chi connectivity index (χ2v) is 11.8. The van der Waals surface area contributed by atoms with Gasteiger partial charge in [-0.15, -0.1) is 0 Å². The summed E-state index contributed by atoms with van der Waals surface area (Å²) in [5.74, 6) is -1.08. The second kappa shape index (κ2) is 14.3. The van der Waals surface area contributed by atoms with Gasteiger partial charge in [0.2, 0.25) is 11.8 Å². The third-order valence-electron chi connectivity index (χ3n) is 6.13. The predicted octanol–water partition coefficient (Wildman–Crippen LogP) is 5.13. The Morgan fingerprint density at radius 3 is 2.25 bits per heavy atom. The highest BCUT2D eigenvalue weighted by atomic mass is 79.9. The summed E-state index contributed by atoms with van der Waals surface area (Å²) in [4.78, 5) is 27.9. The molecule has 1 atom stereocenters. The molecule has 0 saturated carbocycles. The monoisotopic (exact) mass is 633 g/mol. The molecule has 11 heteroatoms. The summed E-state index contributed by atoms with van der Waals surface area (Å²) < 4.78 is 49.4. The molecule has 0 bridgehead atoms. The number of carbonyl (C=O) groups is 2. The zero-order valence-electron chi connectivity index (χ0n) is 22.6. The van der Waals surface area contributed by atoms with E-state index in [1.165, 1.54) is 42.2 Å². The number of halogens is 2. The van der Waals surface area contributed by atoms with Crippen molar-refractivity contribution in [3.63, 3.8) is 0 Å². The number of hydrogen-bond acceptors (Lipinski definition) is 5. The summed E-state index contributed by atoms with van der Waals surface area (Å²) in [7, 11) is -4.22. The highest BCUT2D eigenvalue weighted by Crippen LogP contribution is 2.27. The summed E-state index contributed by atoms with van der Waals surface area (Å²) >= 11 is 3.31. The number of sulfonamides is 1. The van der Waals surface area contributed by atoms with E-state index in [4.69, 9.17) is 4.74 Å². The van der Waals surface area contributed by atoms with Gasteiger partial charge in [0.1, 0.15) is 24.2 Å². The maximum absolute atomic E-state index is 14.6. The number of carbonyl (C=O) groups excluding carboxylic acids is 2. The third-order valence-corrected chi connectivity index (χ3v) is 8.45. The topological polar surface area (TPSA) is 96.0 Å². The number of anilines is 1. The molecule has 0 unspecified atom stereocenters. The summed E-state index contributed by atoms with van der Waals surface area (Å²) in [6.45, 7) is 5.26. The first-order valence-electron chi connectivity index (χ1n) is 12.9. The van der Waals surface area contributed by atoms with Crippen molar-refractivity contribution in [1.82, 2.24) is 10.2 Å². The maximum Gasteiger partial charge on any atom is 0.264 e. The Balaban J connectivity index is 2.03. The van der Waals surface area contributed by atoms with Crippen molar-refractivity contribution in [3.05, 3.63) is 88.6 Å². The molecule has 3 aromatic rings. The molecule has 3 aromatic carbocycles. The molecule has 0 radical (unpaired) electrons. The fourth-order valence-corrected chi connectivity index (χ4v) is 5.60. The van der Waals surface area contributed by atoms with Crippen LogP contribution in [0.25, 0.3) is 0 Å². The van der Waals surface area contributed by atoms with Gasteiger partial charge in [-0.1, -0.05) is 41.1 Å². The van der Waals surface area contributed by atoms with Gasteiger partial charge in [0.05, 0.1) is 17.2 Å². The molecule has 0 fully saturated rings. The average molecular weight is 635 g/mol. The number of benzene rings is 3. The zero-order chi connectivity index (χ0) is 29.3. The van der Waals surface area contributed by atoms with Crippen LogP contribution in [-0.2, 0) is 26.2 Å². The van der Waals surface area contributed by atoms with E-state index in [2.05, 4.69) is 21.2 Å². The van der Waals surface area contributed by atoms with E-state index in [-0.39, 0.29) is 22.7 Å². The van der Waals surface area contributed by atoms with Crippen molar-refractivity contribution >= 4 is 43.5 Å². The largest absolute Gasteiger partial charge is 0.494 e. The first-order valence-corrected chi connectivity index (χ1v) is 15.1. The number of amides is 2. The number of rotatable bonds is 13. The Morgan fingerprint density at radius 2 is 1.65 bits per heavy atom. The van der Waals surface area contributed by atoms with E-state index < -0.39 is 40.2 Å². The van der Waals surface area contributed by atoms with Crippen LogP contribution < -0.4 is 14.4 Å². The van der Waals surface area contributed by atoms with E-state index in [9.17, 15) is 22.4 Å². The number of nitrogens with one attached hydrogen (secondary N) is 1. The van der Waals surface area contributed by atoms with Crippen LogP contribution in [0.3, 0.4) is 0 Å². The fourth-order valence-electron chi connectivity index (χ4n) is 3.93. The van der Waals surface area contributed by atoms with Crippen molar-refractivity contribution in [1.29, 1.82) is 0 Å². The van der Waals surface area contributed by atoms with E-state index >= 15 is 0 Å². The van der Waals surface area contributed by atoms with E-state index in [0.717, 1.165) is 4.31 Å². The highest BCUT2D eigenvalue weighted by molar-refractivity contribution is 9.10. The van der Waals surface area contributed by atoms with Gasteiger partial charge in [-0.3, -0.25) is 13.9 Å². The van der Waals surface area contributed by atoms with Gasteiger partial charge in [-0.05, 0) is 74.9 Å². The zero-order valence-corrected chi connectivity index (χ0v) is 25.0. The van der Waals surface area contributed by atoms with Gasteiger partial charge in [-0.2, -0.15) is 0 Å². The van der Waals surface area contributed by atoms with E-state index in [0.29, 0.717) is 29.8 Å². The lowest BCUT2D eigenvalue weighted by Crippen LogP contribution is -2.51. The molecule has 2 amide bonds. The summed E-state index contributed by atoms with van der Waals surface area (Å²) in [5, 5.41) is 2.76. The maximum atomic E-state index is 14.6. The summed E-state index contributed by atoms with van der Waals surface area (Å²) in [6, 6.07) is 17.3. The van der Waals surface area contributed by atoms with Crippen molar-refractivity contribution in [3.8, 4) is 5.75 Å². The molecule has 0 aliphatic heterocycles. The van der Waals surface area contributed by atoms with Crippen LogP contribution in [0.2, 0.25) is 0 Å². The standard InChI is InChI=1S/C29H33BrFN3O5S/c1-4-18-32-29(36)21(3)33(19-22-8-6-7-9-27(22)31)28(35)20-34(24-12-14-25(15-13-24)39-5-2)40(37,38)26-16-10-23(30)11-17-26/h6-17,21H,4-5,18-20H2,1-3H3,(H,32,36)/t21-/m0/s1. The number of hydrogen-bond donors (Lipinski definition) is 1. The van der Waals surface area contributed by atoms with Crippen LogP contribution in [0.1, 0.15) is 32.8 Å². The average Bonchev–Trinajstić information content (AvgIpc) is 2.94. The quantitative estimate of drug-likeness (QED) is 0.282. The Kier molecular flexibility index (Phi) is 11.1. The van der Waals surface area contributed by atoms with Crippen LogP contribution in [-0.4, -0.2) is 50.9 Å². The predicted molar refractivity (Wildman–Crippen MR) is 156 cm³/mol. The van der Waals surface area contributed by atoms with Crippen LogP contribution in [0.5, 0.6) is 5.75 Å². The molecular formula is C29H33BrFN3O5S. The first-order chi connectivity index (χ1) is 19.1. The van der Waals surface area contributed by atoms with Crippen LogP contribution in [0.15, 0.2) is 82.2 Å². The Bertz CT molecular complexity index is 1400. The molecule has 0 heterocycles. The van der Waals surface area contributed by atoms with E-state index in [1.807, 2.05) is 13.8 Å². The van der Waals surface area contributed by atoms with Crippen molar-refractivity contribution < 1.29 is 27.1 Å². The normalized spacial score (nSPS) is 11.9. The summed E-state index contributed by atoms with van der Waals surface area (Å²) in [5.41, 5.74) is 0.433. The minimum atomic E-state index is -4.22. The molecule has 40 heavy (non-hydrogen) atoms. The van der Waals surface area contributed by atoms with Crippen molar-refractivity contribution in [2.75, 3.05) is 24.0 Å². The lowest BCUT2D eigenvalue weighted by atomic mass is 10.1. The molecule has 1 N–H and O–H groups in total. The van der Waals surface area contributed by atoms with Gasteiger partial charge >= 0.3 is 0 Å². The van der Waals surface area contributed by atoms with Gasteiger partial charge in [-0.25, -0.2) is 12.8 Å². The SMILES string of the molecule is CCCNC(=O)[C@H](C)N(Cc1ccccc1F)C(=O)CN(c1ccc(OCC)cc1)S(=O)(=O)c1ccc(Br)cc1. The molecule has 0 saturated heterocycles. The van der Waals surface area contributed by atoms with E-state index in [1.54, 1.807) is 42.5 Å². The lowest BCUT2D eigenvalue weighted by Gasteiger charge is -2.32. The minimum absolute atomic E-state index is 0.0215. The molecule has 3 rings (SSSR count). The first kappa shape index (κ1) is 31.1. The molecular weight excluding hydrogens is 601 g/mol. The smallest absolute Gasteiger partial charge is 0.264 e. The van der Waals surface area contributed by atoms with Crippen molar-refractivity contribution in [2.24, 2.45) is 0 Å². The van der Waals surface area contributed by atoms with Gasteiger partial charge in [0.15, 0.2) is 0 Å². The number of nitrogens with zero attached hydrogens (tertiary/aromatic N) is 2. The van der Waals surface area contributed by atoms with Crippen LogP contribution >= 0.6 is 15.9 Å². The Morgan fingerprint density at radius 1 is 1.00 bits per heavy atom. The van der Waals surface area contributed by atoms with Crippen molar-refractivity contribution in [2.45, 2.75) is 44.7 Å². The van der Waals surface area contributed by atoms with Gasteiger partial charge in [0, 0.05) is 23.1 Å². The highest BCUT2D eigenvalue weighted by Gasteiger charge is 2.32. The molecule has 8 nitrogen and oxygen atoms in total. The molecule has 0 aromatic heterocycles. The molecule has 0 aliphatic carbocycles. The lowest BCUT2D eigenvalue weighted by molar-refractivity contribution is -0.139. The second-order valence-electron chi connectivity index (χ2n) is 8.97. The molecule has 0 spiro atoms. The molecule has 214 valence electrons. The third kappa shape index (κ3) is 7.82. The van der Waals surface area contributed by atoms with Crippen LogP contribution in [0, 0.1) is 5.82 Å². The Hall–Kier alpha value is -3.44.